The number of aliphatic hydroxyl groups is 2. The van der Waals surface area contributed by atoms with Gasteiger partial charge in [-0.2, -0.15) is 0 Å². The number of hydrogen-bond acceptors (Lipinski definition) is 4. The second-order valence-corrected chi connectivity index (χ2v) is 4.96. The van der Waals surface area contributed by atoms with Gasteiger partial charge in [0.15, 0.2) is 6.29 Å². The van der Waals surface area contributed by atoms with Gasteiger partial charge in [-0.15, -0.1) is 0 Å². The number of rotatable bonds is 3. The molecule has 0 amide bonds. The van der Waals surface area contributed by atoms with Crippen molar-refractivity contribution in [2.75, 3.05) is 13.6 Å². The van der Waals surface area contributed by atoms with Crippen LogP contribution in [0.3, 0.4) is 0 Å². The van der Waals surface area contributed by atoms with Gasteiger partial charge in [-0.3, -0.25) is 0 Å². The monoisotopic (exact) mass is 217 g/mol. The molecule has 0 aromatic heterocycles. The Morgan fingerprint density at radius 3 is 2.53 bits per heavy atom. The van der Waals surface area contributed by atoms with E-state index >= 15 is 0 Å². The normalized spacial score (nSPS) is 37.6. The van der Waals surface area contributed by atoms with Gasteiger partial charge < -0.3 is 19.8 Å². The summed E-state index contributed by atoms with van der Waals surface area (Å²) in [5.41, 5.74) is 0. The predicted octanol–water partition coefficient (Wildman–Crippen LogP) is 0.431. The van der Waals surface area contributed by atoms with Crippen molar-refractivity contribution < 1.29 is 14.9 Å². The summed E-state index contributed by atoms with van der Waals surface area (Å²) in [5.74, 6) is 0.553. The first-order valence-electron chi connectivity index (χ1n) is 5.63. The smallest absolute Gasteiger partial charge is 0.182 e. The van der Waals surface area contributed by atoms with E-state index in [0.29, 0.717) is 5.92 Å². The Bertz CT molecular complexity index is 198. The largest absolute Gasteiger partial charge is 0.386 e. The highest BCUT2D eigenvalue weighted by Gasteiger charge is 2.37. The lowest BCUT2D eigenvalue weighted by molar-refractivity contribution is -0.231. The standard InChI is InChI=1S/C11H23NO3/c1-7(2)6-12(4)9-5-8(3)15-11(14)10(9)13/h7-11,13-14H,5-6H2,1-4H3/t8-,9+,10-,11?/m1/s1. The molecule has 0 aliphatic carbocycles. The first kappa shape index (κ1) is 12.9. The number of likely N-dealkylation sites (N-methyl/N-ethyl adjacent to an activating group) is 1. The SMILES string of the molecule is CC(C)CN(C)[C@H]1C[C@@H](C)OC(O)[C@@H]1O. The van der Waals surface area contributed by atoms with Gasteiger partial charge in [-0.05, 0) is 26.3 Å². The molecule has 15 heavy (non-hydrogen) atoms. The Kier molecular flexibility index (Phi) is 4.52. The van der Waals surface area contributed by atoms with Crippen LogP contribution in [-0.4, -0.2) is 53.2 Å². The van der Waals surface area contributed by atoms with Crippen LogP contribution in [0, 0.1) is 5.92 Å². The first-order chi connectivity index (χ1) is 6.91. The van der Waals surface area contributed by atoms with Crippen molar-refractivity contribution in [3.63, 3.8) is 0 Å². The second-order valence-electron chi connectivity index (χ2n) is 4.96. The minimum atomic E-state index is -1.05. The molecule has 0 bridgehead atoms. The predicted molar refractivity (Wildman–Crippen MR) is 58.4 cm³/mol. The third-order valence-electron chi connectivity index (χ3n) is 2.85. The van der Waals surface area contributed by atoms with E-state index in [1.165, 1.54) is 0 Å². The zero-order chi connectivity index (χ0) is 11.6. The molecule has 4 nitrogen and oxygen atoms in total. The van der Waals surface area contributed by atoms with E-state index < -0.39 is 12.4 Å². The number of aliphatic hydroxyl groups excluding tert-OH is 2. The van der Waals surface area contributed by atoms with Crippen LogP contribution in [0.5, 0.6) is 0 Å². The lowest BCUT2D eigenvalue weighted by Crippen LogP contribution is -2.54. The van der Waals surface area contributed by atoms with Gasteiger partial charge in [-0.25, -0.2) is 0 Å². The van der Waals surface area contributed by atoms with Crippen molar-refractivity contribution in [3.05, 3.63) is 0 Å². The van der Waals surface area contributed by atoms with Gasteiger partial charge in [-0.1, -0.05) is 13.8 Å². The molecule has 0 radical (unpaired) electrons. The van der Waals surface area contributed by atoms with Crippen LogP contribution in [0.2, 0.25) is 0 Å². The van der Waals surface area contributed by atoms with E-state index in [1.54, 1.807) is 0 Å². The van der Waals surface area contributed by atoms with Gasteiger partial charge in [0, 0.05) is 12.6 Å². The molecule has 1 unspecified atom stereocenters. The fraction of sp³-hybridized carbons (Fsp3) is 1.00. The number of ether oxygens (including phenoxy) is 1. The van der Waals surface area contributed by atoms with E-state index in [1.807, 2.05) is 14.0 Å². The summed E-state index contributed by atoms with van der Waals surface area (Å²) in [6, 6.07) is -0.00819. The van der Waals surface area contributed by atoms with Crippen molar-refractivity contribution in [2.45, 2.75) is 51.7 Å². The molecule has 1 rings (SSSR count). The molecule has 1 saturated heterocycles. The molecule has 90 valence electrons. The molecule has 1 aliphatic rings. The van der Waals surface area contributed by atoms with E-state index in [4.69, 9.17) is 4.74 Å². The van der Waals surface area contributed by atoms with E-state index in [2.05, 4.69) is 18.7 Å². The average molecular weight is 217 g/mol. The summed E-state index contributed by atoms with van der Waals surface area (Å²) in [4.78, 5) is 2.11. The Hall–Kier alpha value is -0.160. The lowest BCUT2D eigenvalue weighted by atomic mass is 9.98. The fourth-order valence-corrected chi connectivity index (χ4v) is 2.20. The maximum absolute atomic E-state index is 9.82. The zero-order valence-electron chi connectivity index (χ0n) is 10.1. The van der Waals surface area contributed by atoms with Crippen LogP contribution in [-0.2, 0) is 4.74 Å². The summed E-state index contributed by atoms with van der Waals surface area (Å²) in [5, 5.41) is 19.3. The molecule has 2 N–H and O–H groups in total. The van der Waals surface area contributed by atoms with Gasteiger partial charge >= 0.3 is 0 Å². The van der Waals surface area contributed by atoms with Crippen molar-refractivity contribution in [2.24, 2.45) is 5.92 Å². The van der Waals surface area contributed by atoms with Crippen LogP contribution in [0.15, 0.2) is 0 Å². The third-order valence-corrected chi connectivity index (χ3v) is 2.85. The third kappa shape index (κ3) is 3.41. The quantitative estimate of drug-likeness (QED) is 0.720. The molecule has 1 fully saturated rings. The molecular formula is C11H23NO3. The number of nitrogens with zero attached hydrogens (tertiary/aromatic N) is 1. The Balaban J connectivity index is 2.57. The van der Waals surface area contributed by atoms with E-state index in [9.17, 15) is 10.2 Å². The fourth-order valence-electron chi connectivity index (χ4n) is 2.20. The van der Waals surface area contributed by atoms with Crippen LogP contribution in [0.4, 0.5) is 0 Å². The van der Waals surface area contributed by atoms with Crippen LogP contribution in [0.25, 0.3) is 0 Å². The van der Waals surface area contributed by atoms with Crippen LogP contribution in [0.1, 0.15) is 27.2 Å². The van der Waals surface area contributed by atoms with Gasteiger partial charge in [0.2, 0.25) is 0 Å². The zero-order valence-corrected chi connectivity index (χ0v) is 10.1. The first-order valence-corrected chi connectivity index (χ1v) is 5.63. The van der Waals surface area contributed by atoms with Crippen molar-refractivity contribution in [3.8, 4) is 0 Å². The van der Waals surface area contributed by atoms with Gasteiger partial charge in [0.25, 0.3) is 0 Å². The molecule has 4 atom stereocenters. The Morgan fingerprint density at radius 2 is 2.00 bits per heavy atom. The molecule has 0 spiro atoms. The van der Waals surface area contributed by atoms with Crippen molar-refractivity contribution in [1.82, 2.24) is 4.90 Å². The maximum atomic E-state index is 9.82. The maximum Gasteiger partial charge on any atom is 0.182 e. The summed E-state index contributed by atoms with van der Waals surface area (Å²) in [7, 11) is 1.98. The summed E-state index contributed by atoms with van der Waals surface area (Å²) in [6.45, 7) is 7.12. The van der Waals surface area contributed by atoms with Crippen LogP contribution < -0.4 is 0 Å². The molecular weight excluding hydrogens is 194 g/mol. The highest BCUT2D eigenvalue weighted by molar-refractivity contribution is 4.85. The van der Waals surface area contributed by atoms with E-state index in [0.717, 1.165) is 13.0 Å². The summed E-state index contributed by atoms with van der Waals surface area (Å²) in [6.07, 6.45) is -1.08. The minimum absolute atomic E-state index is 0.00279. The lowest BCUT2D eigenvalue weighted by Gasteiger charge is -2.40. The van der Waals surface area contributed by atoms with Crippen LogP contribution >= 0.6 is 0 Å². The summed E-state index contributed by atoms with van der Waals surface area (Å²) >= 11 is 0. The van der Waals surface area contributed by atoms with Crippen molar-refractivity contribution >= 4 is 0 Å². The minimum Gasteiger partial charge on any atom is -0.386 e. The van der Waals surface area contributed by atoms with E-state index in [-0.39, 0.29) is 12.1 Å². The topological polar surface area (TPSA) is 52.9 Å². The molecule has 0 aromatic carbocycles. The van der Waals surface area contributed by atoms with Gasteiger partial charge in [0.1, 0.15) is 6.10 Å². The molecule has 1 aliphatic heterocycles. The average Bonchev–Trinajstić information content (AvgIpc) is 2.09. The molecule has 4 heteroatoms. The molecule has 1 heterocycles. The number of hydrogen-bond donors (Lipinski definition) is 2. The summed E-state index contributed by atoms with van der Waals surface area (Å²) < 4.78 is 5.16. The Morgan fingerprint density at radius 1 is 1.40 bits per heavy atom. The molecule has 0 aromatic rings. The second kappa shape index (κ2) is 5.25. The van der Waals surface area contributed by atoms with Crippen molar-refractivity contribution in [1.29, 1.82) is 0 Å². The molecule has 0 saturated carbocycles. The van der Waals surface area contributed by atoms with Gasteiger partial charge in [0.05, 0.1) is 6.10 Å². The Labute approximate surface area is 91.8 Å². The highest BCUT2D eigenvalue weighted by Crippen LogP contribution is 2.22. The highest BCUT2D eigenvalue weighted by atomic mass is 16.6.